The van der Waals surface area contributed by atoms with Crippen molar-refractivity contribution < 1.29 is 14.7 Å². The molecule has 0 saturated carbocycles. The molecule has 1 atom stereocenters. The minimum absolute atomic E-state index is 0.177. The molecule has 1 amide bonds. The lowest BCUT2D eigenvalue weighted by atomic mass is 10.0. The summed E-state index contributed by atoms with van der Waals surface area (Å²) >= 11 is 3.40. The average Bonchev–Trinajstić information content (AvgIpc) is 2.50. The summed E-state index contributed by atoms with van der Waals surface area (Å²) < 4.78 is 0.912. The lowest BCUT2D eigenvalue weighted by Crippen LogP contribution is -2.44. The predicted octanol–water partition coefficient (Wildman–Crippen LogP) is 2.17. The number of hydrogen-bond acceptors (Lipinski definition) is 4. The van der Waals surface area contributed by atoms with E-state index in [-0.39, 0.29) is 11.5 Å². The smallest absolute Gasteiger partial charge is 0.326 e. The summed E-state index contributed by atoms with van der Waals surface area (Å²) in [5.41, 5.74) is 0.788. The number of benzene rings is 1. The molecule has 1 rings (SSSR count). The van der Waals surface area contributed by atoms with Crippen LogP contribution < -0.4 is 10.6 Å². The normalized spacial score (nSPS) is 12.4. The third kappa shape index (κ3) is 5.75. The topological polar surface area (TPSA) is 102 Å². The predicted molar refractivity (Wildman–Crippen MR) is 89.1 cm³/mol. The van der Waals surface area contributed by atoms with Gasteiger partial charge in [0.25, 0.3) is 5.91 Å². The summed E-state index contributed by atoms with van der Waals surface area (Å²) in [6.07, 6.45) is 1.29. The molecule has 0 aliphatic carbocycles. The molecule has 1 aromatic rings. The minimum atomic E-state index is -1.13. The van der Waals surface area contributed by atoms with Crippen LogP contribution >= 0.6 is 15.9 Å². The van der Waals surface area contributed by atoms with E-state index in [1.807, 2.05) is 24.3 Å². The summed E-state index contributed by atoms with van der Waals surface area (Å²) in [7, 11) is 0. The number of nitrogens with zero attached hydrogens (tertiary/aromatic N) is 1. The zero-order valence-corrected chi connectivity index (χ0v) is 14.4. The Bertz CT molecular complexity index is 650. The van der Waals surface area contributed by atoms with E-state index in [4.69, 9.17) is 10.4 Å². The van der Waals surface area contributed by atoms with E-state index >= 15 is 0 Å². The quantitative estimate of drug-likeness (QED) is 0.497. The third-order valence-electron chi connectivity index (χ3n) is 3.08. The van der Waals surface area contributed by atoms with Crippen LogP contribution in [0.3, 0.4) is 0 Å². The zero-order chi connectivity index (χ0) is 17.4. The van der Waals surface area contributed by atoms with Gasteiger partial charge in [-0.15, -0.1) is 0 Å². The van der Waals surface area contributed by atoms with Gasteiger partial charge in [0.15, 0.2) is 0 Å². The van der Waals surface area contributed by atoms with E-state index in [2.05, 4.69) is 26.6 Å². The molecular formula is C16H18BrN3O3. The maximum atomic E-state index is 12.0. The molecular weight excluding hydrogens is 362 g/mol. The summed E-state index contributed by atoms with van der Waals surface area (Å²) in [5, 5.41) is 23.4. The van der Waals surface area contributed by atoms with Gasteiger partial charge in [-0.2, -0.15) is 5.26 Å². The minimum Gasteiger partial charge on any atom is -0.480 e. The zero-order valence-electron chi connectivity index (χ0n) is 12.8. The summed E-state index contributed by atoms with van der Waals surface area (Å²) in [6, 6.07) is 8.28. The Balaban J connectivity index is 2.72. The average molecular weight is 380 g/mol. The summed E-state index contributed by atoms with van der Waals surface area (Å²) in [4.78, 5) is 23.1. The van der Waals surface area contributed by atoms with Crippen molar-refractivity contribution in [2.45, 2.75) is 26.4 Å². The number of nitriles is 1. The number of carbonyl (C=O) groups is 2. The van der Waals surface area contributed by atoms with Crippen molar-refractivity contribution in [3.05, 3.63) is 46.1 Å². The molecule has 1 unspecified atom stereocenters. The van der Waals surface area contributed by atoms with Crippen molar-refractivity contribution in [1.82, 2.24) is 10.6 Å². The van der Waals surface area contributed by atoms with Gasteiger partial charge in [0, 0.05) is 17.2 Å². The Hall–Kier alpha value is -2.33. The molecule has 0 saturated heterocycles. The van der Waals surface area contributed by atoms with Crippen LogP contribution in [0.15, 0.2) is 40.5 Å². The molecule has 0 aliphatic heterocycles. The highest BCUT2D eigenvalue weighted by Gasteiger charge is 2.24. The van der Waals surface area contributed by atoms with Crippen LogP contribution in [0.4, 0.5) is 0 Å². The van der Waals surface area contributed by atoms with Crippen LogP contribution in [0.5, 0.6) is 0 Å². The maximum Gasteiger partial charge on any atom is 0.326 e. The summed E-state index contributed by atoms with van der Waals surface area (Å²) in [6.45, 7) is 3.78. The van der Waals surface area contributed by atoms with E-state index < -0.39 is 17.9 Å². The third-order valence-corrected chi connectivity index (χ3v) is 3.85. The standard InChI is InChI=1S/C16H18BrN3O3/c1-10(2)14(16(22)23)20-15(21)12(7-18)9-19-8-11-5-3-4-6-13(11)17/h3-6,9-10,14,19H,8H2,1-2H3,(H,20,21)(H,22,23)/b12-9-. The highest BCUT2D eigenvalue weighted by atomic mass is 79.9. The number of hydrogen-bond donors (Lipinski definition) is 3. The van der Waals surface area contributed by atoms with Gasteiger partial charge < -0.3 is 15.7 Å². The monoisotopic (exact) mass is 379 g/mol. The fourth-order valence-corrected chi connectivity index (χ4v) is 2.21. The molecule has 3 N–H and O–H groups in total. The van der Waals surface area contributed by atoms with E-state index in [0.29, 0.717) is 6.54 Å². The first kappa shape index (κ1) is 18.7. The Kier molecular flexibility index (Phi) is 7.29. The van der Waals surface area contributed by atoms with E-state index in [0.717, 1.165) is 10.0 Å². The fourth-order valence-electron chi connectivity index (χ4n) is 1.79. The van der Waals surface area contributed by atoms with Gasteiger partial charge in [-0.25, -0.2) is 4.79 Å². The van der Waals surface area contributed by atoms with E-state index in [1.165, 1.54) is 6.20 Å². The van der Waals surface area contributed by atoms with Gasteiger partial charge in [0.2, 0.25) is 0 Å². The summed E-state index contributed by atoms with van der Waals surface area (Å²) in [5.74, 6) is -2.13. The Labute approximate surface area is 143 Å². The van der Waals surface area contributed by atoms with E-state index in [1.54, 1.807) is 19.9 Å². The van der Waals surface area contributed by atoms with Gasteiger partial charge in [0.1, 0.15) is 17.7 Å². The number of halogens is 1. The lowest BCUT2D eigenvalue weighted by Gasteiger charge is -2.17. The van der Waals surface area contributed by atoms with Crippen LogP contribution in [0.1, 0.15) is 19.4 Å². The largest absolute Gasteiger partial charge is 0.480 e. The van der Waals surface area contributed by atoms with Gasteiger partial charge in [0.05, 0.1) is 0 Å². The molecule has 0 aliphatic rings. The molecule has 122 valence electrons. The highest BCUT2D eigenvalue weighted by Crippen LogP contribution is 2.15. The van der Waals surface area contributed by atoms with Crippen LogP contribution in [0.2, 0.25) is 0 Å². The number of carboxylic acids is 1. The number of rotatable bonds is 7. The molecule has 0 fully saturated rings. The second-order valence-electron chi connectivity index (χ2n) is 5.18. The molecule has 0 bridgehead atoms. The van der Waals surface area contributed by atoms with Gasteiger partial charge in [-0.05, 0) is 17.5 Å². The first-order valence-electron chi connectivity index (χ1n) is 6.97. The lowest BCUT2D eigenvalue weighted by molar-refractivity contribution is -0.142. The van der Waals surface area contributed by atoms with Crippen LogP contribution in [0, 0.1) is 17.2 Å². The Morgan fingerprint density at radius 1 is 1.39 bits per heavy atom. The second-order valence-corrected chi connectivity index (χ2v) is 6.03. The van der Waals surface area contributed by atoms with Crippen molar-refractivity contribution in [3.63, 3.8) is 0 Å². The molecule has 23 heavy (non-hydrogen) atoms. The van der Waals surface area contributed by atoms with Crippen molar-refractivity contribution in [1.29, 1.82) is 5.26 Å². The highest BCUT2D eigenvalue weighted by molar-refractivity contribution is 9.10. The number of amides is 1. The molecule has 0 heterocycles. The first-order chi connectivity index (χ1) is 10.9. The molecule has 0 radical (unpaired) electrons. The Morgan fingerprint density at radius 2 is 2.04 bits per heavy atom. The number of aliphatic carboxylic acids is 1. The fraction of sp³-hybridized carbons (Fsp3) is 0.312. The molecule has 0 aromatic heterocycles. The SMILES string of the molecule is CC(C)C(NC(=O)/C(C#N)=C\NCc1ccccc1Br)C(=O)O. The number of carbonyl (C=O) groups excluding carboxylic acids is 1. The van der Waals surface area contributed by atoms with Crippen LogP contribution in [-0.2, 0) is 16.1 Å². The van der Waals surface area contributed by atoms with Crippen molar-refractivity contribution in [2.75, 3.05) is 0 Å². The number of nitrogens with one attached hydrogen (secondary N) is 2. The van der Waals surface area contributed by atoms with Gasteiger partial charge in [-0.3, -0.25) is 4.79 Å². The van der Waals surface area contributed by atoms with Crippen LogP contribution in [0.25, 0.3) is 0 Å². The molecule has 0 spiro atoms. The number of carboxylic acid groups (broad SMARTS) is 1. The molecule has 6 nitrogen and oxygen atoms in total. The molecule has 1 aromatic carbocycles. The maximum absolute atomic E-state index is 12.0. The van der Waals surface area contributed by atoms with Crippen molar-refractivity contribution in [3.8, 4) is 6.07 Å². The Morgan fingerprint density at radius 3 is 2.57 bits per heavy atom. The van der Waals surface area contributed by atoms with E-state index in [9.17, 15) is 9.59 Å². The second kappa shape index (κ2) is 8.96. The first-order valence-corrected chi connectivity index (χ1v) is 7.76. The van der Waals surface area contributed by atoms with Gasteiger partial charge in [-0.1, -0.05) is 48.0 Å². The molecule has 7 heteroatoms. The van der Waals surface area contributed by atoms with Crippen molar-refractivity contribution in [2.24, 2.45) is 5.92 Å². The van der Waals surface area contributed by atoms with Crippen LogP contribution in [-0.4, -0.2) is 23.0 Å². The van der Waals surface area contributed by atoms with Gasteiger partial charge >= 0.3 is 5.97 Å². The van der Waals surface area contributed by atoms with Crippen molar-refractivity contribution >= 4 is 27.8 Å².